The highest BCUT2D eigenvalue weighted by molar-refractivity contribution is 5.47. The molecule has 1 aromatic rings. The number of ether oxygens (including phenoxy) is 3. The van der Waals surface area contributed by atoms with Crippen LogP contribution in [-0.2, 0) is 16.1 Å². The largest absolute Gasteiger partial charge is 0.494 e. The van der Waals surface area contributed by atoms with Gasteiger partial charge in [-0.25, -0.2) is 0 Å². The minimum atomic E-state index is 0.268. The maximum absolute atomic E-state index is 6.03. The maximum atomic E-state index is 6.03. The van der Waals surface area contributed by atoms with Crippen molar-refractivity contribution >= 4 is 5.69 Å². The zero-order valence-corrected chi connectivity index (χ0v) is 12.4. The van der Waals surface area contributed by atoms with E-state index in [1.807, 2.05) is 25.1 Å². The molecule has 1 fully saturated rings. The number of anilines is 1. The van der Waals surface area contributed by atoms with E-state index in [1.54, 1.807) is 7.11 Å². The third kappa shape index (κ3) is 4.12. The number of hydrogen-bond donors (Lipinski definition) is 1. The van der Waals surface area contributed by atoms with E-state index in [0.29, 0.717) is 19.3 Å². The van der Waals surface area contributed by atoms with Gasteiger partial charge < -0.3 is 19.9 Å². The van der Waals surface area contributed by atoms with Gasteiger partial charge >= 0.3 is 0 Å². The summed E-state index contributed by atoms with van der Waals surface area (Å²) in [7, 11) is 1.78. The molecular formula is C16H25NO3. The monoisotopic (exact) mass is 279 g/mol. The lowest BCUT2D eigenvalue weighted by molar-refractivity contribution is -0.0367. The number of rotatable bonds is 6. The van der Waals surface area contributed by atoms with E-state index in [9.17, 15) is 0 Å². The highest BCUT2D eigenvalue weighted by Crippen LogP contribution is 2.27. The van der Waals surface area contributed by atoms with E-state index in [0.717, 1.165) is 36.3 Å². The van der Waals surface area contributed by atoms with Crippen molar-refractivity contribution in [3.05, 3.63) is 23.8 Å². The third-order valence-corrected chi connectivity index (χ3v) is 3.77. The van der Waals surface area contributed by atoms with Crippen LogP contribution >= 0.6 is 0 Å². The van der Waals surface area contributed by atoms with Gasteiger partial charge in [0, 0.05) is 18.4 Å². The molecule has 0 radical (unpaired) electrons. The summed E-state index contributed by atoms with van der Waals surface area (Å²) in [6.07, 6.45) is 4.98. The molecule has 0 aliphatic heterocycles. The number of nitrogen functional groups attached to an aromatic ring is 1. The van der Waals surface area contributed by atoms with Gasteiger partial charge in [-0.2, -0.15) is 0 Å². The lowest BCUT2D eigenvalue weighted by Crippen LogP contribution is -2.27. The van der Waals surface area contributed by atoms with Crippen LogP contribution < -0.4 is 10.5 Å². The number of benzene rings is 1. The van der Waals surface area contributed by atoms with Crippen LogP contribution in [-0.4, -0.2) is 25.9 Å². The molecule has 1 aromatic carbocycles. The normalized spacial score (nSPS) is 22.7. The van der Waals surface area contributed by atoms with E-state index in [1.165, 1.54) is 6.42 Å². The summed E-state index contributed by atoms with van der Waals surface area (Å²) in [5.74, 6) is 0.862. The lowest BCUT2D eigenvalue weighted by Gasteiger charge is -2.28. The van der Waals surface area contributed by atoms with Crippen molar-refractivity contribution in [2.24, 2.45) is 0 Å². The van der Waals surface area contributed by atoms with Gasteiger partial charge in [-0.15, -0.1) is 0 Å². The molecule has 4 nitrogen and oxygen atoms in total. The van der Waals surface area contributed by atoms with Crippen LogP contribution in [0.25, 0.3) is 0 Å². The van der Waals surface area contributed by atoms with Crippen molar-refractivity contribution in [2.45, 2.75) is 51.4 Å². The molecule has 20 heavy (non-hydrogen) atoms. The summed E-state index contributed by atoms with van der Waals surface area (Å²) >= 11 is 0. The molecule has 112 valence electrons. The van der Waals surface area contributed by atoms with Crippen LogP contribution in [0.4, 0.5) is 5.69 Å². The number of nitrogens with two attached hydrogens (primary N) is 1. The summed E-state index contributed by atoms with van der Waals surface area (Å²) in [5, 5.41) is 0. The van der Waals surface area contributed by atoms with Crippen LogP contribution in [0.3, 0.4) is 0 Å². The second kappa shape index (κ2) is 7.50. The van der Waals surface area contributed by atoms with Gasteiger partial charge in [0.05, 0.1) is 25.4 Å². The van der Waals surface area contributed by atoms with Gasteiger partial charge in [0.1, 0.15) is 5.75 Å². The maximum Gasteiger partial charge on any atom is 0.124 e. The van der Waals surface area contributed by atoms with Crippen LogP contribution in [0.5, 0.6) is 5.75 Å². The molecule has 1 aliphatic rings. The zero-order chi connectivity index (χ0) is 14.4. The van der Waals surface area contributed by atoms with Crippen LogP contribution in [0, 0.1) is 0 Å². The van der Waals surface area contributed by atoms with E-state index < -0.39 is 0 Å². The molecule has 0 amide bonds. The van der Waals surface area contributed by atoms with E-state index in [-0.39, 0.29) is 6.10 Å². The van der Waals surface area contributed by atoms with Crippen molar-refractivity contribution in [3.8, 4) is 5.75 Å². The highest BCUT2D eigenvalue weighted by atomic mass is 16.5. The topological polar surface area (TPSA) is 53.7 Å². The molecule has 1 saturated carbocycles. The second-order valence-corrected chi connectivity index (χ2v) is 5.26. The molecule has 0 aromatic heterocycles. The minimum absolute atomic E-state index is 0.268. The summed E-state index contributed by atoms with van der Waals surface area (Å²) in [6, 6.07) is 5.70. The fraction of sp³-hybridized carbons (Fsp3) is 0.625. The zero-order valence-electron chi connectivity index (χ0n) is 12.4. The molecule has 2 rings (SSSR count). The van der Waals surface area contributed by atoms with Gasteiger partial charge in [-0.1, -0.05) is 0 Å². The average Bonchev–Trinajstić information content (AvgIpc) is 2.48. The Morgan fingerprint density at radius 1 is 1.25 bits per heavy atom. The standard InChI is InChI=1S/C16H25NO3/c1-3-19-16-8-7-13(17)9-12(16)11-20-15-6-4-5-14(10-15)18-2/h7-9,14-15H,3-6,10-11,17H2,1-2H3. The second-order valence-electron chi connectivity index (χ2n) is 5.26. The fourth-order valence-corrected chi connectivity index (χ4v) is 2.68. The van der Waals surface area contributed by atoms with E-state index >= 15 is 0 Å². The van der Waals surface area contributed by atoms with E-state index in [2.05, 4.69) is 0 Å². The van der Waals surface area contributed by atoms with Crippen molar-refractivity contribution in [2.75, 3.05) is 19.5 Å². The smallest absolute Gasteiger partial charge is 0.124 e. The first-order valence-electron chi connectivity index (χ1n) is 7.38. The lowest BCUT2D eigenvalue weighted by atomic mass is 9.95. The van der Waals surface area contributed by atoms with E-state index in [4.69, 9.17) is 19.9 Å². The SMILES string of the molecule is CCOc1ccc(N)cc1COC1CCCC(OC)C1. The molecule has 4 heteroatoms. The van der Waals surface area contributed by atoms with Crippen LogP contribution in [0.1, 0.15) is 38.2 Å². The van der Waals surface area contributed by atoms with Gasteiger partial charge in [-0.05, 0) is 50.8 Å². The number of methoxy groups -OCH3 is 1. The molecule has 0 saturated heterocycles. The van der Waals surface area contributed by atoms with Crippen molar-refractivity contribution < 1.29 is 14.2 Å². The number of hydrogen-bond acceptors (Lipinski definition) is 4. The van der Waals surface area contributed by atoms with Crippen LogP contribution in [0.2, 0.25) is 0 Å². The Morgan fingerprint density at radius 3 is 2.80 bits per heavy atom. The van der Waals surface area contributed by atoms with Gasteiger partial charge in [0.15, 0.2) is 0 Å². The molecule has 2 atom stereocenters. The van der Waals surface area contributed by atoms with Crippen molar-refractivity contribution in [3.63, 3.8) is 0 Å². The fourth-order valence-electron chi connectivity index (χ4n) is 2.68. The van der Waals surface area contributed by atoms with Gasteiger partial charge in [0.25, 0.3) is 0 Å². The van der Waals surface area contributed by atoms with Crippen molar-refractivity contribution in [1.82, 2.24) is 0 Å². The molecule has 0 heterocycles. The molecule has 1 aliphatic carbocycles. The molecule has 0 bridgehead atoms. The Labute approximate surface area is 121 Å². The first-order chi connectivity index (χ1) is 9.72. The third-order valence-electron chi connectivity index (χ3n) is 3.77. The minimum Gasteiger partial charge on any atom is -0.494 e. The average molecular weight is 279 g/mol. The first kappa shape index (κ1) is 15.1. The summed E-state index contributed by atoms with van der Waals surface area (Å²) in [5.41, 5.74) is 7.61. The van der Waals surface area contributed by atoms with Gasteiger partial charge in [-0.3, -0.25) is 0 Å². The Balaban J connectivity index is 1.94. The predicted octanol–water partition coefficient (Wildman–Crippen LogP) is 3.14. The summed E-state index contributed by atoms with van der Waals surface area (Å²) in [6.45, 7) is 3.17. The van der Waals surface area contributed by atoms with Gasteiger partial charge in [0.2, 0.25) is 0 Å². The quantitative estimate of drug-likeness (QED) is 0.813. The summed E-state index contributed by atoms with van der Waals surface area (Å²) in [4.78, 5) is 0. The molecular weight excluding hydrogens is 254 g/mol. The Hall–Kier alpha value is -1.26. The molecule has 2 N–H and O–H groups in total. The predicted molar refractivity (Wildman–Crippen MR) is 79.9 cm³/mol. The Kier molecular flexibility index (Phi) is 5.68. The highest BCUT2D eigenvalue weighted by Gasteiger charge is 2.22. The Morgan fingerprint density at radius 2 is 2.05 bits per heavy atom. The van der Waals surface area contributed by atoms with Crippen molar-refractivity contribution in [1.29, 1.82) is 0 Å². The summed E-state index contributed by atoms with van der Waals surface area (Å²) < 4.78 is 17.1. The molecule has 2 unspecified atom stereocenters. The Bertz CT molecular complexity index is 422. The first-order valence-corrected chi connectivity index (χ1v) is 7.38. The molecule has 0 spiro atoms. The van der Waals surface area contributed by atoms with Crippen LogP contribution in [0.15, 0.2) is 18.2 Å².